The molecule has 0 radical (unpaired) electrons. The largest absolute Gasteiger partial charge is 0.457 e. The summed E-state index contributed by atoms with van der Waals surface area (Å²) in [5.41, 5.74) is -0.434. The van der Waals surface area contributed by atoms with Crippen molar-refractivity contribution in [2.75, 3.05) is 39.4 Å². The maximum Gasteiger partial charge on any atom is 0.416 e. The number of alkyl halides is 3. The SMILES string of the molecule is O=C1/C(=C/c2ccc(-c3cccc(C(F)(F)F)c3)o2)SC(=S)N1CCN1CCOCC1. The van der Waals surface area contributed by atoms with Crippen molar-refractivity contribution in [1.82, 2.24) is 9.80 Å². The Morgan fingerprint density at radius 2 is 1.90 bits per heavy atom. The topological polar surface area (TPSA) is 45.9 Å². The lowest BCUT2D eigenvalue weighted by Gasteiger charge is -2.28. The van der Waals surface area contributed by atoms with Crippen LogP contribution in [0.15, 0.2) is 45.7 Å². The molecule has 1 aromatic heterocycles. The second kappa shape index (κ2) is 9.15. The number of rotatable bonds is 5. The Morgan fingerprint density at radius 3 is 2.65 bits per heavy atom. The van der Waals surface area contributed by atoms with Crippen molar-refractivity contribution in [3.05, 3.63) is 52.6 Å². The molecule has 1 amide bonds. The van der Waals surface area contributed by atoms with Gasteiger partial charge in [0.1, 0.15) is 15.8 Å². The molecule has 1 aromatic carbocycles. The molecule has 164 valence electrons. The molecule has 0 unspecified atom stereocenters. The quantitative estimate of drug-likeness (QED) is 0.476. The number of nitrogens with zero attached hydrogens (tertiary/aromatic N) is 2. The van der Waals surface area contributed by atoms with E-state index in [0.29, 0.717) is 52.6 Å². The van der Waals surface area contributed by atoms with E-state index in [1.54, 1.807) is 29.2 Å². The van der Waals surface area contributed by atoms with Crippen molar-refractivity contribution in [2.45, 2.75) is 6.18 Å². The lowest BCUT2D eigenvalue weighted by molar-refractivity contribution is -0.137. The average molecular weight is 469 g/mol. The first-order chi connectivity index (χ1) is 14.8. The highest BCUT2D eigenvalue weighted by molar-refractivity contribution is 8.26. The molecule has 4 rings (SSSR count). The minimum absolute atomic E-state index is 0.194. The van der Waals surface area contributed by atoms with Crippen LogP contribution < -0.4 is 0 Å². The molecule has 2 aromatic rings. The van der Waals surface area contributed by atoms with Crippen molar-refractivity contribution < 1.29 is 27.1 Å². The molecule has 2 fully saturated rings. The van der Waals surface area contributed by atoms with Gasteiger partial charge in [-0.15, -0.1) is 0 Å². The molecule has 0 spiro atoms. The fourth-order valence-corrected chi connectivity index (χ4v) is 4.61. The average Bonchev–Trinajstić information content (AvgIpc) is 3.32. The maximum atomic E-state index is 13.0. The second-order valence-corrected chi connectivity index (χ2v) is 8.74. The number of morpholine rings is 1. The van der Waals surface area contributed by atoms with Crippen LogP contribution in [0.3, 0.4) is 0 Å². The first kappa shape index (κ1) is 22.1. The minimum Gasteiger partial charge on any atom is -0.457 e. The summed E-state index contributed by atoms with van der Waals surface area (Å²) >= 11 is 6.55. The van der Waals surface area contributed by atoms with Crippen LogP contribution in [0, 0.1) is 0 Å². The minimum atomic E-state index is -4.43. The number of carbonyl (C=O) groups is 1. The third kappa shape index (κ3) is 5.20. The Hall–Kier alpha value is -2.14. The summed E-state index contributed by atoms with van der Waals surface area (Å²) in [5.74, 6) is 0.474. The summed E-state index contributed by atoms with van der Waals surface area (Å²) in [6.07, 6.45) is -2.86. The number of amides is 1. The first-order valence-corrected chi connectivity index (χ1v) is 10.9. The highest BCUT2D eigenvalue weighted by Crippen LogP contribution is 2.35. The Bertz CT molecular complexity index is 1010. The molecule has 0 bridgehead atoms. The van der Waals surface area contributed by atoms with Crippen LogP contribution in [-0.2, 0) is 15.7 Å². The molecular weight excluding hydrogens is 449 g/mol. The van der Waals surface area contributed by atoms with Crippen molar-refractivity contribution in [2.24, 2.45) is 0 Å². The predicted octanol–water partition coefficient (Wildman–Crippen LogP) is 4.50. The van der Waals surface area contributed by atoms with Gasteiger partial charge in [0.25, 0.3) is 5.91 Å². The van der Waals surface area contributed by atoms with Crippen molar-refractivity contribution >= 4 is 40.3 Å². The number of thiocarbonyl (C=S) groups is 1. The fourth-order valence-electron chi connectivity index (χ4n) is 3.32. The Morgan fingerprint density at radius 1 is 1.13 bits per heavy atom. The van der Waals surface area contributed by atoms with E-state index in [0.717, 1.165) is 25.2 Å². The second-order valence-electron chi connectivity index (χ2n) is 7.07. The van der Waals surface area contributed by atoms with Gasteiger partial charge < -0.3 is 9.15 Å². The lowest BCUT2D eigenvalue weighted by atomic mass is 10.1. The van der Waals surface area contributed by atoms with Crippen LogP contribution in [0.5, 0.6) is 0 Å². The van der Waals surface area contributed by atoms with Crippen molar-refractivity contribution in [1.29, 1.82) is 0 Å². The van der Waals surface area contributed by atoms with Crippen LogP contribution >= 0.6 is 24.0 Å². The Balaban J connectivity index is 1.45. The Labute approximate surface area is 186 Å². The van der Waals surface area contributed by atoms with E-state index in [-0.39, 0.29) is 5.91 Å². The van der Waals surface area contributed by atoms with Crippen LogP contribution in [-0.4, -0.2) is 59.4 Å². The number of benzene rings is 1. The van der Waals surface area contributed by atoms with Gasteiger partial charge in [-0.2, -0.15) is 13.2 Å². The predicted molar refractivity (Wildman–Crippen MR) is 116 cm³/mol. The van der Waals surface area contributed by atoms with Crippen LogP contribution in [0.4, 0.5) is 13.2 Å². The smallest absolute Gasteiger partial charge is 0.416 e. The van der Waals surface area contributed by atoms with Gasteiger partial charge in [0.05, 0.1) is 23.7 Å². The van der Waals surface area contributed by atoms with Gasteiger partial charge in [0.15, 0.2) is 0 Å². The van der Waals surface area contributed by atoms with E-state index >= 15 is 0 Å². The number of carbonyl (C=O) groups excluding carboxylic acids is 1. The zero-order valence-corrected chi connectivity index (χ0v) is 18.0. The van der Waals surface area contributed by atoms with Gasteiger partial charge in [-0.1, -0.05) is 36.1 Å². The molecule has 0 N–H and O–H groups in total. The van der Waals surface area contributed by atoms with E-state index < -0.39 is 11.7 Å². The number of hydrogen-bond acceptors (Lipinski definition) is 6. The van der Waals surface area contributed by atoms with E-state index in [1.807, 2.05) is 0 Å². The van der Waals surface area contributed by atoms with E-state index in [2.05, 4.69) is 4.90 Å². The molecule has 31 heavy (non-hydrogen) atoms. The Kier molecular flexibility index (Phi) is 6.52. The van der Waals surface area contributed by atoms with Gasteiger partial charge in [0.2, 0.25) is 0 Å². The zero-order chi connectivity index (χ0) is 22.0. The van der Waals surface area contributed by atoms with Gasteiger partial charge in [0, 0.05) is 37.8 Å². The third-order valence-corrected chi connectivity index (χ3v) is 6.37. The number of hydrogen-bond donors (Lipinski definition) is 0. The molecule has 5 nitrogen and oxygen atoms in total. The van der Waals surface area contributed by atoms with Gasteiger partial charge in [-0.3, -0.25) is 14.6 Å². The third-order valence-electron chi connectivity index (χ3n) is 4.99. The van der Waals surface area contributed by atoms with Crippen LogP contribution in [0.1, 0.15) is 11.3 Å². The summed E-state index contributed by atoms with van der Waals surface area (Å²) in [6, 6.07) is 8.13. The molecule has 2 aliphatic heterocycles. The summed E-state index contributed by atoms with van der Waals surface area (Å²) in [5, 5.41) is 0. The molecule has 0 saturated carbocycles. The normalized spacial score (nSPS) is 19.6. The highest BCUT2D eigenvalue weighted by Gasteiger charge is 2.33. The summed E-state index contributed by atoms with van der Waals surface area (Å²) < 4.78 is 50.3. The number of ether oxygens (including phenoxy) is 1. The highest BCUT2D eigenvalue weighted by atomic mass is 32.2. The summed E-state index contributed by atoms with van der Waals surface area (Å²) in [4.78, 5) is 17.0. The number of furan rings is 1. The van der Waals surface area contributed by atoms with Gasteiger partial charge in [-0.25, -0.2) is 0 Å². The molecule has 0 atom stereocenters. The lowest BCUT2D eigenvalue weighted by Crippen LogP contribution is -2.42. The molecule has 10 heteroatoms. The zero-order valence-electron chi connectivity index (χ0n) is 16.4. The van der Waals surface area contributed by atoms with Crippen LogP contribution in [0.2, 0.25) is 0 Å². The number of halogens is 3. The van der Waals surface area contributed by atoms with Crippen molar-refractivity contribution in [3.63, 3.8) is 0 Å². The maximum absolute atomic E-state index is 13.0. The molecule has 2 saturated heterocycles. The van der Waals surface area contributed by atoms with Crippen LogP contribution in [0.25, 0.3) is 17.4 Å². The van der Waals surface area contributed by atoms with Gasteiger partial charge >= 0.3 is 6.18 Å². The van der Waals surface area contributed by atoms with E-state index in [9.17, 15) is 18.0 Å². The first-order valence-electron chi connectivity index (χ1n) is 9.64. The number of thioether (sulfide) groups is 1. The molecule has 3 heterocycles. The standard InChI is InChI=1S/C21H19F3N2O3S2/c22-21(23,24)15-3-1-2-14(12-15)17-5-4-16(29-17)13-18-19(27)26(20(30)31-18)7-6-25-8-10-28-11-9-25/h1-5,12-13H,6-11H2/b18-13-. The molecule has 2 aliphatic rings. The summed E-state index contributed by atoms with van der Waals surface area (Å²) in [6.45, 7) is 4.24. The van der Waals surface area contributed by atoms with E-state index in [1.165, 1.54) is 17.8 Å². The monoisotopic (exact) mass is 468 g/mol. The van der Waals surface area contributed by atoms with E-state index in [4.69, 9.17) is 21.4 Å². The van der Waals surface area contributed by atoms with Crippen molar-refractivity contribution in [3.8, 4) is 11.3 Å². The molecular formula is C21H19F3N2O3S2. The van der Waals surface area contributed by atoms with Gasteiger partial charge in [-0.05, 0) is 24.3 Å². The molecule has 0 aliphatic carbocycles. The summed E-state index contributed by atoms with van der Waals surface area (Å²) in [7, 11) is 0. The fraction of sp³-hybridized carbons (Fsp3) is 0.333.